The maximum absolute atomic E-state index is 14.2. The summed E-state index contributed by atoms with van der Waals surface area (Å²) >= 11 is 0. The standard InChI is InChI=1S/C30H37N8O10P/c1-16(25(40)44-7)36-49(42,48-18-8-9-19-17(12-18)10-11-37(19)28(41)47-29(2,3)4)45-13-20-22(39)30(5,14-31)26(46-20)38-15-33-21-23(38)34-27(32)35-24(21)43-6/h8-12,15-16,20,22,26,39H,13H2,1-7H3,(H,36,42)(H2,32,34,35)/t16-,20?,22+,26+,30+,49?/m0/s1. The number of nitrogens with zero attached hydrogens (tertiary/aromatic N) is 6. The fourth-order valence-corrected chi connectivity index (χ4v) is 6.75. The van der Waals surface area contributed by atoms with Crippen LogP contribution in [0.25, 0.3) is 22.1 Å². The Morgan fingerprint density at radius 1 is 1.27 bits per heavy atom. The lowest BCUT2D eigenvalue weighted by atomic mass is 9.84. The molecule has 1 fully saturated rings. The van der Waals surface area contributed by atoms with Gasteiger partial charge >= 0.3 is 19.8 Å². The Morgan fingerprint density at radius 3 is 2.65 bits per heavy atom. The molecule has 6 atom stereocenters. The molecule has 2 unspecified atom stereocenters. The van der Waals surface area contributed by atoms with Crippen molar-refractivity contribution in [3.8, 4) is 17.7 Å². The van der Waals surface area contributed by atoms with E-state index >= 15 is 0 Å². The van der Waals surface area contributed by atoms with Crippen molar-refractivity contribution >= 4 is 47.8 Å². The van der Waals surface area contributed by atoms with Crippen LogP contribution in [-0.4, -0.2) is 85.9 Å². The van der Waals surface area contributed by atoms with E-state index in [9.17, 15) is 24.5 Å². The molecule has 4 N–H and O–H groups in total. The molecule has 3 aromatic heterocycles. The first-order chi connectivity index (χ1) is 23.0. The first-order valence-corrected chi connectivity index (χ1v) is 16.5. The molecule has 0 radical (unpaired) electrons. The SMILES string of the molecule is COC(=O)[C@H](C)NP(=O)(OCC1O[C@@H](n2cnc3c(OC)nc(N)nc32)[C@](C)(C#N)[C@@H]1O)Oc1ccc2c(ccn2C(=O)OC(C)(C)C)c1. The van der Waals surface area contributed by atoms with Crippen molar-refractivity contribution in [2.75, 3.05) is 26.6 Å². The molecule has 0 aliphatic carbocycles. The maximum atomic E-state index is 14.2. The number of benzene rings is 1. The lowest BCUT2D eigenvalue weighted by Crippen LogP contribution is -2.38. The Kier molecular flexibility index (Phi) is 9.61. The molecule has 0 bridgehead atoms. The molecule has 19 heteroatoms. The summed E-state index contributed by atoms with van der Waals surface area (Å²) in [7, 11) is -1.90. The van der Waals surface area contributed by atoms with Crippen molar-refractivity contribution in [2.45, 2.75) is 64.7 Å². The number of nitrogens with two attached hydrogens (primary N) is 1. The lowest BCUT2D eigenvalue weighted by Gasteiger charge is -2.26. The molecule has 5 rings (SSSR count). The summed E-state index contributed by atoms with van der Waals surface area (Å²) in [5.74, 6) is -0.713. The number of aliphatic hydroxyl groups excluding tert-OH is 1. The second kappa shape index (κ2) is 13.3. The molecule has 0 amide bonds. The van der Waals surface area contributed by atoms with Gasteiger partial charge in [-0.1, -0.05) is 0 Å². The van der Waals surface area contributed by atoms with Gasteiger partial charge in [0.25, 0.3) is 0 Å². The van der Waals surface area contributed by atoms with Crippen molar-refractivity contribution in [1.29, 1.82) is 5.26 Å². The topological polar surface area (TPSA) is 237 Å². The predicted octanol–water partition coefficient (Wildman–Crippen LogP) is 3.30. The van der Waals surface area contributed by atoms with Crippen LogP contribution in [0, 0.1) is 16.7 Å². The van der Waals surface area contributed by atoms with Gasteiger partial charge in [-0.05, 0) is 58.9 Å². The number of aliphatic hydroxyl groups is 1. The number of imidazole rings is 1. The number of nitrogen functional groups attached to an aromatic ring is 1. The van der Waals surface area contributed by atoms with E-state index in [4.69, 9.17) is 33.7 Å². The number of hydrogen-bond acceptors (Lipinski definition) is 15. The first kappa shape index (κ1) is 35.5. The van der Waals surface area contributed by atoms with Gasteiger partial charge in [0.05, 0.1) is 38.7 Å². The largest absolute Gasteiger partial charge is 0.479 e. The van der Waals surface area contributed by atoms with Crippen LogP contribution in [0.4, 0.5) is 10.7 Å². The monoisotopic (exact) mass is 700 g/mol. The fraction of sp³-hybridized carbons (Fsp3) is 0.467. The maximum Gasteiger partial charge on any atom is 0.459 e. The zero-order valence-electron chi connectivity index (χ0n) is 27.8. The third-order valence-corrected chi connectivity index (χ3v) is 9.31. The Morgan fingerprint density at radius 2 is 2.00 bits per heavy atom. The van der Waals surface area contributed by atoms with Gasteiger partial charge in [0.15, 0.2) is 17.4 Å². The third-order valence-electron chi connectivity index (χ3n) is 7.67. The minimum atomic E-state index is -4.44. The van der Waals surface area contributed by atoms with Crippen molar-refractivity contribution < 1.29 is 47.3 Å². The predicted molar refractivity (Wildman–Crippen MR) is 172 cm³/mol. The zero-order valence-corrected chi connectivity index (χ0v) is 28.7. The average Bonchev–Trinajstić information content (AvgIpc) is 3.72. The van der Waals surface area contributed by atoms with Crippen molar-refractivity contribution in [3.63, 3.8) is 0 Å². The van der Waals surface area contributed by atoms with Crippen LogP contribution in [0.5, 0.6) is 11.6 Å². The summed E-state index contributed by atoms with van der Waals surface area (Å²) < 4.78 is 50.1. The summed E-state index contributed by atoms with van der Waals surface area (Å²) in [6, 6.07) is 7.13. The van der Waals surface area contributed by atoms with E-state index in [2.05, 4.69) is 26.1 Å². The molecule has 1 aliphatic rings. The first-order valence-electron chi connectivity index (χ1n) is 15.0. The highest BCUT2D eigenvalue weighted by Crippen LogP contribution is 2.50. The Bertz CT molecular complexity index is 1980. The second-order valence-electron chi connectivity index (χ2n) is 12.4. The van der Waals surface area contributed by atoms with Crippen molar-refractivity contribution in [2.24, 2.45) is 5.41 Å². The fourth-order valence-electron chi connectivity index (χ4n) is 5.26. The summed E-state index contributed by atoms with van der Waals surface area (Å²) in [6.45, 7) is 7.56. The van der Waals surface area contributed by atoms with E-state index in [1.807, 2.05) is 0 Å². The van der Waals surface area contributed by atoms with Gasteiger partial charge in [-0.15, -0.1) is 0 Å². The Hall–Kier alpha value is -4.79. The average molecular weight is 701 g/mol. The number of methoxy groups -OCH3 is 2. The summed E-state index contributed by atoms with van der Waals surface area (Å²) in [5, 5.41) is 24.6. The zero-order chi connectivity index (χ0) is 35.9. The number of anilines is 1. The summed E-state index contributed by atoms with van der Waals surface area (Å²) in [6.07, 6.45) is -1.59. The molecule has 1 saturated heterocycles. The molecule has 1 aliphatic heterocycles. The van der Waals surface area contributed by atoms with Gasteiger partial charge in [0.2, 0.25) is 11.8 Å². The summed E-state index contributed by atoms with van der Waals surface area (Å²) in [5.41, 5.74) is 4.47. The number of ether oxygens (including phenoxy) is 4. The van der Waals surface area contributed by atoms with E-state index in [-0.39, 0.29) is 28.7 Å². The molecular formula is C30H37N8O10P. The third kappa shape index (κ3) is 7.02. The van der Waals surface area contributed by atoms with E-state index in [0.717, 1.165) is 7.11 Å². The molecule has 4 heterocycles. The highest BCUT2D eigenvalue weighted by Gasteiger charge is 2.56. The second-order valence-corrected chi connectivity index (χ2v) is 14.1. The van der Waals surface area contributed by atoms with Crippen LogP contribution in [0.2, 0.25) is 0 Å². The van der Waals surface area contributed by atoms with E-state index < -0.39 is 61.9 Å². The van der Waals surface area contributed by atoms with Crippen LogP contribution < -0.4 is 20.1 Å². The number of aromatic nitrogens is 5. The highest BCUT2D eigenvalue weighted by atomic mass is 31.2. The van der Waals surface area contributed by atoms with Crippen LogP contribution in [0.1, 0.15) is 40.8 Å². The molecule has 0 spiro atoms. The molecule has 0 saturated carbocycles. The number of nitrogens with one attached hydrogen (secondary N) is 1. The van der Waals surface area contributed by atoms with Crippen molar-refractivity contribution in [3.05, 3.63) is 36.8 Å². The van der Waals surface area contributed by atoms with Crippen LogP contribution >= 0.6 is 7.75 Å². The Labute approximate surface area is 280 Å². The van der Waals surface area contributed by atoms with E-state index in [0.29, 0.717) is 10.9 Å². The summed E-state index contributed by atoms with van der Waals surface area (Å²) in [4.78, 5) is 37.5. The van der Waals surface area contributed by atoms with Crippen molar-refractivity contribution in [1.82, 2.24) is 29.2 Å². The number of fused-ring (bicyclic) bond motifs is 2. The number of rotatable bonds is 10. The molecule has 262 valence electrons. The molecule has 49 heavy (non-hydrogen) atoms. The van der Waals surface area contributed by atoms with Gasteiger partial charge in [0.1, 0.15) is 35.0 Å². The number of hydrogen-bond donors (Lipinski definition) is 3. The smallest absolute Gasteiger partial charge is 0.459 e. The quantitative estimate of drug-likeness (QED) is 0.159. The van der Waals surface area contributed by atoms with Gasteiger partial charge in [-0.25, -0.2) is 14.3 Å². The van der Waals surface area contributed by atoms with Gasteiger partial charge in [0, 0.05) is 11.6 Å². The van der Waals surface area contributed by atoms with Gasteiger partial charge < -0.3 is 34.3 Å². The molecular weight excluding hydrogens is 663 g/mol. The number of carbonyl (C=O) groups excluding carboxylic acids is 2. The number of carbonyl (C=O) groups is 2. The Balaban J connectivity index is 1.41. The van der Waals surface area contributed by atoms with Crippen LogP contribution in [0.15, 0.2) is 36.8 Å². The lowest BCUT2D eigenvalue weighted by molar-refractivity contribution is -0.142. The van der Waals surface area contributed by atoms with Crippen LogP contribution in [0.3, 0.4) is 0 Å². The molecule has 18 nitrogen and oxygen atoms in total. The van der Waals surface area contributed by atoms with E-state index in [1.165, 1.54) is 54.7 Å². The van der Waals surface area contributed by atoms with Crippen LogP contribution in [-0.2, 0) is 28.1 Å². The van der Waals surface area contributed by atoms with Gasteiger partial charge in [-0.2, -0.15) is 20.3 Å². The van der Waals surface area contributed by atoms with Gasteiger partial charge in [-0.3, -0.25) is 18.5 Å². The normalized spacial score (nSPS) is 22.7. The molecule has 1 aromatic carbocycles. The van der Waals surface area contributed by atoms with E-state index in [1.54, 1.807) is 32.9 Å². The minimum Gasteiger partial charge on any atom is -0.479 e. The number of esters is 1. The number of nitriles is 1. The molecule has 4 aromatic rings. The minimum absolute atomic E-state index is 0.0612. The highest BCUT2D eigenvalue weighted by molar-refractivity contribution is 7.52.